The lowest BCUT2D eigenvalue weighted by Gasteiger charge is -2.22. The number of fused-ring (bicyclic) bond motifs is 1. The number of hydrogen-bond donors (Lipinski definition) is 1. The third-order valence-electron chi connectivity index (χ3n) is 4.57. The van der Waals surface area contributed by atoms with E-state index >= 15 is 0 Å². The van der Waals surface area contributed by atoms with Crippen LogP contribution in [0.5, 0.6) is 0 Å². The predicted molar refractivity (Wildman–Crippen MR) is 83.5 cm³/mol. The van der Waals surface area contributed by atoms with E-state index in [9.17, 15) is 18.4 Å². The highest BCUT2D eigenvalue weighted by Crippen LogP contribution is 2.37. The van der Waals surface area contributed by atoms with Crippen LogP contribution in [0.2, 0.25) is 0 Å². The van der Waals surface area contributed by atoms with Crippen LogP contribution in [0.4, 0.5) is 25.0 Å². The Bertz CT molecular complexity index is 711. The summed E-state index contributed by atoms with van der Waals surface area (Å²) >= 11 is 0. The molecule has 0 radical (unpaired) electrons. The maximum Gasteiger partial charge on any atom is 0.414 e. The summed E-state index contributed by atoms with van der Waals surface area (Å²) in [6, 6.07) is 2.26. The number of carbonyl (C=O) groups excluding carboxylic acids is 2. The van der Waals surface area contributed by atoms with E-state index in [1.165, 1.54) is 6.92 Å². The lowest BCUT2D eigenvalue weighted by molar-refractivity contribution is -0.119. The molecule has 0 spiro atoms. The number of morpholine rings is 1. The topological polar surface area (TPSA) is 74.4 Å². The summed E-state index contributed by atoms with van der Waals surface area (Å²) in [5, 5.41) is 2.55. The molecule has 4 rings (SSSR count). The number of amides is 2. The number of nitrogens with one attached hydrogen (secondary N) is 1. The standard InChI is InChI=1S/C16H17F2N3O4/c1-8(22)19-4-10-5-21(16(23)24-10)9-2-11(17)15(12(18)3-9)20-6-13-14(7-20)25-13/h2-3,10,13-14H,4-7H2,1H3,(H,19,22)/t10?,13-,14?/m0/s1. The Hall–Kier alpha value is -2.42. The van der Waals surface area contributed by atoms with Gasteiger partial charge in [-0.25, -0.2) is 13.6 Å². The van der Waals surface area contributed by atoms with Crippen LogP contribution in [0.1, 0.15) is 6.92 Å². The lowest BCUT2D eigenvalue weighted by Crippen LogP contribution is -2.33. The highest BCUT2D eigenvalue weighted by molar-refractivity contribution is 5.90. The predicted octanol–water partition coefficient (Wildman–Crippen LogP) is 1.01. The molecule has 3 aliphatic heterocycles. The molecule has 2 unspecified atom stereocenters. The van der Waals surface area contributed by atoms with Crippen LogP contribution in [0.25, 0.3) is 0 Å². The largest absolute Gasteiger partial charge is 0.442 e. The number of anilines is 2. The first-order valence-corrected chi connectivity index (χ1v) is 8.04. The summed E-state index contributed by atoms with van der Waals surface area (Å²) in [6.07, 6.45) is -1.15. The molecule has 7 nitrogen and oxygen atoms in total. The molecule has 1 aromatic rings. The quantitative estimate of drug-likeness (QED) is 0.818. The fourth-order valence-electron chi connectivity index (χ4n) is 3.30. The fourth-order valence-corrected chi connectivity index (χ4v) is 3.30. The molecule has 134 valence electrons. The summed E-state index contributed by atoms with van der Waals surface area (Å²) < 4.78 is 39.3. The van der Waals surface area contributed by atoms with Gasteiger partial charge >= 0.3 is 6.09 Å². The molecule has 1 aromatic carbocycles. The number of epoxide rings is 1. The van der Waals surface area contributed by atoms with Crippen molar-refractivity contribution in [3.63, 3.8) is 0 Å². The number of ether oxygens (including phenoxy) is 2. The average molecular weight is 353 g/mol. The molecule has 3 atom stereocenters. The van der Waals surface area contributed by atoms with Gasteiger partial charge in [0.25, 0.3) is 0 Å². The van der Waals surface area contributed by atoms with Crippen molar-refractivity contribution in [2.24, 2.45) is 0 Å². The van der Waals surface area contributed by atoms with Crippen molar-refractivity contribution < 1.29 is 27.8 Å². The average Bonchev–Trinajstić information content (AvgIpc) is 2.97. The van der Waals surface area contributed by atoms with E-state index in [0.717, 1.165) is 17.0 Å². The van der Waals surface area contributed by atoms with E-state index in [2.05, 4.69) is 5.32 Å². The van der Waals surface area contributed by atoms with E-state index in [-0.39, 0.29) is 42.6 Å². The van der Waals surface area contributed by atoms with E-state index in [0.29, 0.717) is 13.1 Å². The molecule has 0 aromatic heterocycles. The minimum atomic E-state index is -0.727. The normalized spacial score (nSPS) is 27.3. The van der Waals surface area contributed by atoms with Crippen molar-refractivity contribution in [2.45, 2.75) is 25.2 Å². The van der Waals surface area contributed by atoms with Crippen molar-refractivity contribution in [1.82, 2.24) is 5.32 Å². The Morgan fingerprint density at radius 2 is 1.88 bits per heavy atom. The van der Waals surface area contributed by atoms with Gasteiger partial charge in [0, 0.05) is 32.1 Å². The highest BCUT2D eigenvalue weighted by atomic mass is 19.1. The lowest BCUT2D eigenvalue weighted by atomic mass is 10.2. The van der Waals surface area contributed by atoms with Gasteiger partial charge in [-0.05, 0) is 0 Å². The summed E-state index contributed by atoms with van der Waals surface area (Å²) in [5.74, 6) is -1.70. The van der Waals surface area contributed by atoms with Gasteiger partial charge in [0.05, 0.1) is 18.8 Å². The SMILES string of the molecule is CC(=O)NCC1CN(c2cc(F)c(N3CC4O[C@H]4C3)c(F)c2)C(=O)O1. The number of carbonyl (C=O) groups is 2. The maximum absolute atomic E-state index is 14.5. The summed E-state index contributed by atoms with van der Waals surface area (Å²) in [4.78, 5) is 25.7. The van der Waals surface area contributed by atoms with Gasteiger partial charge in [0.2, 0.25) is 5.91 Å². The second-order valence-electron chi connectivity index (χ2n) is 6.43. The number of benzene rings is 1. The van der Waals surface area contributed by atoms with Gasteiger partial charge in [-0.1, -0.05) is 0 Å². The second-order valence-corrected chi connectivity index (χ2v) is 6.43. The second kappa shape index (κ2) is 5.83. The van der Waals surface area contributed by atoms with Crippen LogP contribution >= 0.6 is 0 Å². The maximum atomic E-state index is 14.5. The van der Waals surface area contributed by atoms with Crippen molar-refractivity contribution in [2.75, 3.05) is 36.0 Å². The molecular formula is C16H17F2N3O4. The van der Waals surface area contributed by atoms with E-state index < -0.39 is 23.8 Å². The highest BCUT2D eigenvalue weighted by Gasteiger charge is 2.48. The molecule has 9 heteroatoms. The smallest absolute Gasteiger partial charge is 0.414 e. The Kier molecular flexibility index (Phi) is 3.75. The minimum absolute atomic E-state index is 0.0570. The van der Waals surface area contributed by atoms with Crippen molar-refractivity contribution in [3.05, 3.63) is 23.8 Å². The Labute approximate surface area is 142 Å². The Morgan fingerprint density at radius 3 is 2.48 bits per heavy atom. The first-order valence-electron chi connectivity index (χ1n) is 8.04. The van der Waals surface area contributed by atoms with Gasteiger partial charge in [0.15, 0.2) is 11.6 Å². The van der Waals surface area contributed by atoms with Crippen molar-refractivity contribution >= 4 is 23.4 Å². The number of cyclic esters (lactones) is 1. The zero-order valence-electron chi connectivity index (χ0n) is 13.5. The molecule has 0 bridgehead atoms. The first kappa shape index (κ1) is 16.1. The zero-order valence-corrected chi connectivity index (χ0v) is 13.5. The third kappa shape index (κ3) is 2.99. The van der Waals surface area contributed by atoms with E-state index in [1.807, 2.05) is 0 Å². The number of rotatable bonds is 4. The van der Waals surface area contributed by atoms with Gasteiger partial charge < -0.3 is 19.7 Å². The Morgan fingerprint density at radius 1 is 1.24 bits per heavy atom. The minimum Gasteiger partial charge on any atom is -0.442 e. The van der Waals surface area contributed by atoms with Gasteiger partial charge in [-0.15, -0.1) is 0 Å². The zero-order chi connectivity index (χ0) is 17.7. The van der Waals surface area contributed by atoms with Crippen LogP contribution in [-0.2, 0) is 14.3 Å². The van der Waals surface area contributed by atoms with E-state index in [1.54, 1.807) is 4.90 Å². The number of halogens is 2. The van der Waals surface area contributed by atoms with Gasteiger partial charge in [0.1, 0.15) is 24.0 Å². The summed E-state index contributed by atoms with van der Waals surface area (Å²) in [7, 11) is 0. The molecular weight excluding hydrogens is 336 g/mol. The monoisotopic (exact) mass is 353 g/mol. The first-order chi connectivity index (χ1) is 11.9. The molecule has 1 N–H and O–H groups in total. The number of nitrogens with zero attached hydrogens (tertiary/aromatic N) is 2. The van der Waals surface area contributed by atoms with Crippen LogP contribution in [0.3, 0.4) is 0 Å². The molecule has 2 amide bonds. The van der Waals surface area contributed by atoms with Gasteiger partial charge in [-0.2, -0.15) is 0 Å². The molecule has 0 saturated carbocycles. The van der Waals surface area contributed by atoms with Crippen molar-refractivity contribution in [1.29, 1.82) is 0 Å². The van der Waals surface area contributed by atoms with E-state index in [4.69, 9.17) is 9.47 Å². The Balaban J connectivity index is 1.51. The molecule has 3 saturated heterocycles. The molecule has 3 fully saturated rings. The van der Waals surface area contributed by atoms with Crippen LogP contribution in [0, 0.1) is 11.6 Å². The van der Waals surface area contributed by atoms with Crippen LogP contribution in [-0.4, -0.2) is 56.5 Å². The van der Waals surface area contributed by atoms with Gasteiger partial charge in [-0.3, -0.25) is 9.69 Å². The molecule has 25 heavy (non-hydrogen) atoms. The fraction of sp³-hybridized carbons (Fsp3) is 0.500. The van der Waals surface area contributed by atoms with Crippen LogP contribution in [0.15, 0.2) is 12.1 Å². The van der Waals surface area contributed by atoms with Crippen LogP contribution < -0.4 is 15.1 Å². The molecule has 3 aliphatic rings. The van der Waals surface area contributed by atoms with Crippen molar-refractivity contribution in [3.8, 4) is 0 Å². The number of hydrogen-bond acceptors (Lipinski definition) is 5. The third-order valence-corrected chi connectivity index (χ3v) is 4.57. The molecule has 0 aliphatic carbocycles. The summed E-state index contributed by atoms with van der Waals surface area (Å²) in [6.45, 7) is 2.53. The molecule has 3 heterocycles. The summed E-state index contributed by atoms with van der Waals surface area (Å²) in [5.41, 5.74) is -0.00316.